The van der Waals surface area contributed by atoms with Gasteiger partial charge in [0.2, 0.25) is 11.9 Å². The lowest BCUT2D eigenvalue weighted by Gasteiger charge is -2.06. The molecule has 1 aliphatic carbocycles. The van der Waals surface area contributed by atoms with Gasteiger partial charge in [-0.1, -0.05) is 11.6 Å². The van der Waals surface area contributed by atoms with Crippen LogP contribution in [0.15, 0.2) is 18.5 Å². The van der Waals surface area contributed by atoms with E-state index < -0.39 is 0 Å². The van der Waals surface area contributed by atoms with Crippen molar-refractivity contribution in [1.82, 2.24) is 19.9 Å². The summed E-state index contributed by atoms with van der Waals surface area (Å²) in [5, 5.41) is 2.96. The number of hydrogen-bond donors (Lipinski definition) is 1. The number of halogens is 1. The fourth-order valence-electron chi connectivity index (χ4n) is 2.32. The number of nitrogens with zero attached hydrogens (tertiary/aromatic N) is 4. The number of nitrogens with one attached hydrogen (secondary N) is 1. The average Bonchev–Trinajstić information content (AvgIpc) is 3.31. The van der Waals surface area contributed by atoms with Crippen molar-refractivity contribution in [3.63, 3.8) is 0 Å². The standard InChI is InChI=1S/C15H16ClN5O2/c1-8-3-4-17-13(19-8)10-5-11(10)14(22)21-15-18-6-9(7-23-2)12(16)20-15/h3-4,6,10-11H,5,7H2,1-2H3,(H,18,20,21,22)/t10-,11-/m0/s1. The summed E-state index contributed by atoms with van der Waals surface area (Å²) in [5.41, 5.74) is 1.56. The van der Waals surface area contributed by atoms with E-state index in [2.05, 4.69) is 25.3 Å². The SMILES string of the molecule is COCc1cnc(NC(=O)[C@H]2C[C@@H]2c2nccc(C)n2)nc1Cl. The van der Waals surface area contributed by atoms with Crippen molar-refractivity contribution in [3.8, 4) is 0 Å². The molecule has 0 aromatic carbocycles. The fourth-order valence-corrected chi connectivity index (χ4v) is 2.50. The maximum absolute atomic E-state index is 12.3. The summed E-state index contributed by atoms with van der Waals surface area (Å²) in [6.45, 7) is 2.22. The molecule has 0 aliphatic heterocycles. The summed E-state index contributed by atoms with van der Waals surface area (Å²) >= 11 is 6.03. The van der Waals surface area contributed by atoms with E-state index in [9.17, 15) is 4.79 Å². The van der Waals surface area contributed by atoms with Gasteiger partial charge in [-0.15, -0.1) is 0 Å². The third-order valence-electron chi connectivity index (χ3n) is 3.62. The number of ether oxygens (including phenoxy) is 1. The van der Waals surface area contributed by atoms with E-state index in [0.717, 1.165) is 12.1 Å². The molecule has 2 heterocycles. The maximum atomic E-state index is 12.3. The minimum absolute atomic E-state index is 0.0538. The Morgan fingerprint density at radius 1 is 1.43 bits per heavy atom. The molecule has 3 rings (SSSR count). The van der Waals surface area contributed by atoms with Crippen LogP contribution < -0.4 is 5.32 Å². The molecule has 0 unspecified atom stereocenters. The number of amides is 1. The highest BCUT2D eigenvalue weighted by atomic mass is 35.5. The van der Waals surface area contributed by atoms with Crippen molar-refractivity contribution in [2.24, 2.45) is 5.92 Å². The number of aryl methyl sites for hydroxylation is 1. The highest BCUT2D eigenvalue weighted by Crippen LogP contribution is 2.46. The molecule has 0 radical (unpaired) electrons. The fraction of sp³-hybridized carbons (Fsp3) is 0.400. The number of carbonyl (C=O) groups excluding carboxylic acids is 1. The topological polar surface area (TPSA) is 89.9 Å². The third kappa shape index (κ3) is 3.62. The van der Waals surface area contributed by atoms with E-state index in [1.807, 2.05) is 13.0 Å². The van der Waals surface area contributed by atoms with Crippen LogP contribution in [-0.2, 0) is 16.1 Å². The smallest absolute Gasteiger partial charge is 0.230 e. The van der Waals surface area contributed by atoms with Crippen LogP contribution in [0.25, 0.3) is 0 Å². The van der Waals surface area contributed by atoms with Gasteiger partial charge in [-0.2, -0.15) is 0 Å². The van der Waals surface area contributed by atoms with Gasteiger partial charge in [0.25, 0.3) is 0 Å². The number of methoxy groups -OCH3 is 1. The first-order chi connectivity index (χ1) is 11.1. The zero-order valence-electron chi connectivity index (χ0n) is 12.8. The van der Waals surface area contributed by atoms with Gasteiger partial charge in [0.05, 0.1) is 6.61 Å². The molecule has 120 valence electrons. The molecule has 1 amide bonds. The van der Waals surface area contributed by atoms with Crippen LogP contribution in [0.3, 0.4) is 0 Å². The lowest BCUT2D eigenvalue weighted by molar-refractivity contribution is -0.117. The zero-order valence-corrected chi connectivity index (χ0v) is 13.5. The summed E-state index contributed by atoms with van der Waals surface area (Å²) in [6, 6.07) is 1.83. The molecule has 2 aromatic rings. The Bertz CT molecular complexity index is 740. The van der Waals surface area contributed by atoms with Crippen molar-refractivity contribution >= 4 is 23.5 Å². The summed E-state index contributed by atoms with van der Waals surface area (Å²) < 4.78 is 4.98. The third-order valence-corrected chi connectivity index (χ3v) is 3.95. The summed E-state index contributed by atoms with van der Waals surface area (Å²) in [6.07, 6.45) is 3.98. The van der Waals surface area contributed by atoms with Gasteiger partial charge < -0.3 is 4.74 Å². The molecule has 1 N–H and O–H groups in total. The Kier molecular flexibility index (Phi) is 4.49. The molecule has 7 nitrogen and oxygen atoms in total. The highest BCUT2D eigenvalue weighted by Gasteiger charge is 2.46. The molecule has 2 atom stereocenters. The molecule has 1 fully saturated rings. The predicted octanol–water partition coefficient (Wildman–Crippen LogP) is 2.12. The van der Waals surface area contributed by atoms with Crippen LogP contribution in [0.1, 0.15) is 29.4 Å². The monoisotopic (exact) mass is 333 g/mol. The summed E-state index contributed by atoms with van der Waals surface area (Å²) in [5.74, 6) is 0.654. The zero-order chi connectivity index (χ0) is 16.4. The summed E-state index contributed by atoms with van der Waals surface area (Å²) in [7, 11) is 1.56. The maximum Gasteiger partial charge on any atom is 0.230 e. The second-order valence-electron chi connectivity index (χ2n) is 5.44. The molecular weight excluding hydrogens is 318 g/mol. The van der Waals surface area contributed by atoms with Crippen LogP contribution in [-0.4, -0.2) is 33.0 Å². The number of hydrogen-bond acceptors (Lipinski definition) is 6. The number of aromatic nitrogens is 4. The van der Waals surface area contributed by atoms with Crippen molar-refractivity contribution < 1.29 is 9.53 Å². The Morgan fingerprint density at radius 3 is 2.96 bits per heavy atom. The van der Waals surface area contributed by atoms with Crippen molar-refractivity contribution in [1.29, 1.82) is 0 Å². The van der Waals surface area contributed by atoms with E-state index >= 15 is 0 Å². The van der Waals surface area contributed by atoms with Gasteiger partial charge >= 0.3 is 0 Å². The molecule has 2 aromatic heterocycles. The van der Waals surface area contributed by atoms with E-state index in [-0.39, 0.29) is 28.8 Å². The summed E-state index contributed by atoms with van der Waals surface area (Å²) in [4.78, 5) is 29.0. The van der Waals surface area contributed by atoms with Gasteiger partial charge in [0.1, 0.15) is 11.0 Å². The first-order valence-corrected chi connectivity index (χ1v) is 7.57. The van der Waals surface area contributed by atoms with Crippen LogP contribution in [0, 0.1) is 12.8 Å². The van der Waals surface area contributed by atoms with Gasteiger partial charge in [-0.25, -0.2) is 19.9 Å². The van der Waals surface area contributed by atoms with E-state index in [0.29, 0.717) is 18.0 Å². The van der Waals surface area contributed by atoms with Crippen LogP contribution in [0.5, 0.6) is 0 Å². The molecule has 1 aliphatic rings. The molecule has 23 heavy (non-hydrogen) atoms. The van der Waals surface area contributed by atoms with Gasteiger partial charge in [-0.05, 0) is 19.4 Å². The van der Waals surface area contributed by atoms with Crippen LogP contribution in [0.4, 0.5) is 5.95 Å². The van der Waals surface area contributed by atoms with Crippen LogP contribution in [0.2, 0.25) is 5.15 Å². The Hall–Kier alpha value is -2.12. The van der Waals surface area contributed by atoms with Gasteiger partial charge in [0, 0.05) is 42.6 Å². The molecule has 0 spiro atoms. The number of anilines is 1. The van der Waals surface area contributed by atoms with E-state index in [1.54, 1.807) is 19.5 Å². The largest absolute Gasteiger partial charge is 0.380 e. The number of rotatable bonds is 5. The Balaban J connectivity index is 1.63. The first-order valence-electron chi connectivity index (χ1n) is 7.19. The molecule has 8 heteroatoms. The highest BCUT2D eigenvalue weighted by molar-refractivity contribution is 6.30. The average molecular weight is 334 g/mol. The van der Waals surface area contributed by atoms with E-state index in [4.69, 9.17) is 16.3 Å². The Labute approximate surface area is 138 Å². The van der Waals surface area contributed by atoms with Gasteiger partial charge in [0.15, 0.2) is 0 Å². The minimum atomic E-state index is -0.155. The normalized spacial score (nSPS) is 19.4. The second-order valence-corrected chi connectivity index (χ2v) is 5.79. The predicted molar refractivity (Wildman–Crippen MR) is 84.0 cm³/mol. The molecular formula is C15H16ClN5O2. The van der Waals surface area contributed by atoms with E-state index in [1.165, 1.54) is 0 Å². The van der Waals surface area contributed by atoms with Crippen LogP contribution >= 0.6 is 11.6 Å². The lowest BCUT2D eigenvalue weighted by Crippen LogP contribution is -2.17. The van der Waals surface area contributed by atoms with Crippen molar-refractivity contribution in [2.75, 3.05) is 12.4 Å². The first kappa shape index (κ1) is 15.8. The van der Waals surface area contributed by atoms with Gasteiger partial charge in [-0.3, -0.25) is 10.1 Å². The molecule has 0 bridgehead atoms. The van der Waals surface area contributed by atoms with Crippen molar-refractivity contribution in [2.45, 2.75) is 25.9 Å². The minimum Gasteiger partial charge on any atom is -0.380 e. The Morgan fingerprint density at radius 2 is 2.26 bits per heavy atom. The molecule has 0 saturated heterocycles. The van der Waals surface area contributed by atoms with Crippen molar-refractivity contribution in [3.05, 3.63) is 40.7 Å². The quantitative estimate of drug-likeness (QED) is 0.843. The number of carbonyl (C=O) groups is 1. The lowest BCUT2D eigenvalue weighted by atomic mass is 10.2. The molecule has 1 saturated carbocycles. The second kappa shape index (κ2) is 6.55.